The standard InChI is InChI=1S/C14H19NO/c1-11-7-9-15(10-8-11)14-6-4-3-5-13(14)12(2)16/h3-7,12,16H,8-10H2,1-2H3/t12-/m1/s1. The van der Waals surface area contributed by atoms with Gasteiger partial charge in [0.1, 0.15) is 0 Å². The maximum atomic E-state index is 9.75. The third-order valence-electron chi connectivity index (χ3n) is 3.16. The Hall–Kier alpha value is -1.28. The Balaban J connectivity index is 2.27. The number of nitrogens with zero attached hydrogens (tertiary/aromatic N) is 1. The molecular formula is C14H19NO. The van der Waals surface area contributed by atoms with Crippen molar-refractivity contribution in [1.29, 1.82) is 0 Å². The van der Waals surface area contributed by atoms with Crippen molar-refractivity contribution in [3.63, 3.8) is 0 Å². The molecule has 0 fully saturated rings. The Morgan fingerprint density at radius 1 is 1.31 bits per heavy atom. The first-order valence-corrected chi connectivity index (χ1v) is 5.86. The van der Waals surface area contributed by atoms with E-state index in [1.807, 2.05) is 25.1 Å². The van der Waals surface area contributed by atoms with Crippen molar-refractivity contribution in [1.82, 2.24) is 0 Å². The molecule has 0 amide bonds. The highest BCUT2D eigenvalue weighted by atomic mass is 16.3. The minimum absolute atomic E-state index is 0.400. The van der Waals surface area contributed by atoms with Crippen LogP contribution in [0.15, 0.2) is 35.9 Å². The minimum Gasteiger partial charge on any atom is -0.389 e. The quantitative estimate of drug-likeness (QED) is 0.770. The highest BCUT2D eigenvalue weighted by Crippen LogP contribution is 2.28. The third kappa shape index (κ3) is 2.27. The second-order valence-corrected chi connectivity index (χ2v) is 4.48. The molecule has 1 aliphatic heterocycles. The smallest absolute Gasteiger partial charge is 0.0781 e. The van der Waals surface area contributed by atoms with E-state index in [1.54, 1.807) is 0 Å². The first kappa shape index (κ1) is 11.2. The molecular weight excluding hydrogens is 198 g/mol. The molecule has 0 radical (unpaired) electrons. The maximum absolute atomic E-state index is 9.75. The number of anilines is 1. The van der Waals surface area contributed by atoms with Crippen LogP contribution in [0.3, 0.4) is 0 Å². The van der Waals surface area contributed by atoms with Crippen LogP contribution in [-0.2, 0) is 0 Å². The molecule has 1 aromatic rings. The second kappa shape index (κ2) is 4.71. The lowest BCUT2D eigenvalue weighted by Gasteiger charge is -2.30. The van der Waals surface area contributed by atoms with Crippen LogP contribution >= 0.6 is 0 Å². The number of aliphatic hydroxyl groups excluding tert-OH is 1. The Bertz CT molecular complexity index is 395. The molecule has 1 aliphatic rings. The fraction of sp³-hybridized carbons (Fsp3) is 0.429. The van der Waals surface area contributed by atoms with Crippen LogP contribution in [0.4, 0.5) is 5.69 Å². The molecule has 0 aromatic heterocycles. The number of para-hydroxylation sites is 1. The van der Waals surface area contributed by atoms with E-state index in [0.29, 0.717) is 0 Å². The molecule has 0 spiro atoms. The molecule has 16 heavy (non-hydrogen) atoms. The van der Waals surface area contributed by atoms with Crippen molar-refractivity contribution < 1.29 is 5.11 Å². The Morgan fingerprint density at radius 3 is 2.69 bits per heavy atom. The first-order valence-electron chi connectivity index (χ1n) is 5.86. The van der Waals surface area contributed by atoms with Gasteiger partial charge in [-0.25, -0.2) is 0 Å². The highest BCUT2D eigenvalue weighted by Gasteiger charge is 2.15. The van der Waals surface area contributed by atoms with E-state index in [2.05, 4.69) is 24.0 Å². The summed E-state index contributed by atoms with van der Waals surface area (Å²) in [7, 11) is 0. The molecule has 1 heterocycles. The fourth-order valence-electron chi connectivity index (χ4n) is 2.12. The van der Waals surface area contributed by atoms with E-state index in [4.69, 9.17) is 0 Å². The molecule has 2 heteroatoms. The van der Waals surface area contributed by atoms with Crippen LogP contribution in [0, 0.1) is 0 Å². The monoisotopic (exact) mass is 217 g/mol. The summed E-state index contributed by atoms with van der Waals surface area (Å²) < 4.78 is 0. The van der Waals surface area contributed by atoms with Gasteiger partial charge in [-0.1, -0.05) is 29.8 Å². The zero-order valence-electron chi connectivity index (χ0n) is 9.98. The molecule has 0 unspecified atom stereocenters. The van der Waals surface area contributed by atoms with Crippen LogP contribution in [0.25, 0.3) is 0 Å². The van der Waals surface area contributed by atoms with Gasteiger partial charge in [-0.15, -0.1) is 0 Å². The van der Waals surface area contributed by atoms with Crippen molar-refractivity contribution in [3.8, 4) is 0 Å². The van der Waals surface area contributed by atoms with Crippen LogP contribution in [0.2, 0.25) is 0 Å². The number of aliphatic hydroxyl groups is 1. The lowest BCUT2D eigenvalue weighted by Crippen LogP contribution is -2.29. The number of rotatable bonds is 2. The average molecular weight is 217 g/mol. The van der Waals surface area contributed by atoms with E-state index in [0.717, 1.165) is 25.1 Å². The highest BCUT2D eigenvalue weighted by molar-refractivity contribution is 5.55. The number of hydrogen-bond donors (Lipinski definition) is 1. The van der Waals surface area contributed by atoms with Crippen LogP contribution in [-0.4, -0.2) is 18.2 Å². The van der Waals surface area contributed by atoms with Crippen LogP contribution in [0.1, 0.15) is 31.9 Å². The lowest BCUT2D eigenvalue weighted by atomic mass is 10.0. The molecule has 0 aliphatic carbocycles. The molecule has 1 atom stereocenters. The van der Waals surface area contributed by atoms with Gasteiger partial charge in [-0.2, -0.15) is 0 Å². The Morgan fingerprint density at radius 2 is 2.06 bits per heavy atom. The Labute approximate surface area is 97.2 Å². The summed E-state index contributed by atoms with van der Waals surface area (Å²) in [5.41, 5.74) is 3.66. The van der Waals surface area contributed by atoms with Crippen molar-refractivity contribution in [2.75, 3.05) is 18.0 Å². The SMILES string of the molecule is CC1=CCN(c2ccccc2[C@@H](C)O)CC1. The molecule has 0 bridgehead atoms. The molecule has 86 valence electrons. The predicted molar refractivity (Wildman–Crippen MR) is 67.7 cm³/mol. The normalized spacial score (nSPS) is 18.2. The lowest BCUT2D eigenvalue weighted by molar-refractivity contribution is 0.199. The largest absolute Gasteiger partial charge is 0.389 e. The summed E-state index contributed by atoms with van der Waals surface area (Å²) in [6, 6.07) is 8.12. The summed E-state index contributed by atoms with van der Waals surface area (Å²) in [5.74, 6) is 0. The van der Waals surface area contributed by atoms with E-state index in [9.17, 15) is 5.11 Å². The number of hydrogen-bond acceptors (Lipinski definition) is 2. The van der Waals surface area contributed by atoms with Crippen LogP contribution in [0.5, 0.6) is 0 Å². The Kier molecular flexibility index (Phi) is 3.30. The molecule has 2 nitrogen and oxygen atoms in total. The van der Waals surface area contributed by atoms with Crippen molar-refractivity contribution >= 4 is 5.69 Å². The fourth-order valence-corrected chi connectivity index (χ4v) is 2.12. The van der Waals surface area contributed by atoms with Gasteiger partial charge in [0.05, 0.1) is 6.10 Å². The van der Waals surface area contributed by atoms with Gasteiger partial charge in [-0.05, 0) is 26.3 Å². The predicted octanol–water partition coefficient (Wildman–Crippen LogP) is 2.90. The van der Waals surface area contributed by atoms with E-state index < -0.39 is 6.10 Å². The second-order valence-electron chi connectivity index (χ2n) is 4.48. The van der Waals surface area contributed by atoms with Crippen LogP contribution < -0.4 is 4.90 Å². The minimum atomic E-state index is -0.400. The van der Waals surface area contributed by atoms with Gasteiger partial charge in [0.2, 0.25) is 0 Å². The van der Waals surface area contributed by atoms with Crippen molar-refractivity contribution in [2.24, 2.45) is 0 Å². The maximum Gasteiger partial charge on any atom is 0.0781 e. The van der Waals surface area contributed by atoms with E-state index >= 15 is 0 Å². The summed E-state index contributed by atoms with van der Waals surface area (Å²) in [6.07, 6.45) is 2.99. The molecule has 0 saturated carbocycles. The van der Waals surface area contributed by atoms with Gasteiger partial charge >= 0.3 is 0 Å². The van der Waals surface area contributed by atoms with Gasteiger partial charge < -0.3 is 10.0 Å². The number of benzene rings is 1. The molecule has 1 aromatic carbocycles. The molecule has 2 rings (SSSR count). The third-order valence-corrected chi connectivity index (χ3v) is 3.16. The summed E-state index contributed by atoms with van der Waals surface area (Å²) in [4.78, 5) is 2.33. The zero-order chi connectivity index (χ0) is 11.5. The van der Waals surface area contributed by atoms with Crippen molar-refractivity contribution in [2.45, 2.75) is 26.4 Å². The van der Waals surface area contributed by atoms with Gasteiger partial charge in [-0.3, -0.25) is 0 Å². The summed E-state index contributed by atoms with van der Waals surface area (Å²) >= 11 is 0. The van der Waals surface area contributed by atoms with Gasteiger partial charge in [0.15, 0.2) is 0 Å². The molecule has 0 saturated heterocycles. The zero-order valence-corrected chi connectivity index (χ0v) is 9.98. The molecule has 1 N–H and O–H groups in total. The topological polar surface area (TPSA) is 23.5 Å². The van der Waals surface area contributed by atoms with E-state index in [-0.39, 0.29) is 0 Å². The van der Waals surface area contributed by atoms with Crippen molar-refractivity contribution in [3.05, 3.63) is 41.5 Å². The average Bonchev–Trinajstić information content (AvgIpc) is 2.30. The first-order chi connectivity index (χ1) is 7.68. The van der Waals surface area contributed by atoms with Gasteiger partial charge in [0, 0.05) is 24.3 Å². The van der Waals surface area contributed by atoms with Gasteiger partial charge in [0.25, 0.3) is 0 Å². The summed E-state index contributed by atoms with van der Waals surface area (Å²) in [6.45, 7) is 6.00. The van der Waals surface area contributed by atoms with E-state index in [1.165, 1.54) is 11.3 Å². The summed E-state index contributed by atoms with van der Waals surface area (Å²) in [5, 5.41) is 9.75.